The molecule has 1 aliphatic heterocycles. The maximum absolute atomic E-state index is 5.98. The monoisotopic (exact) mass is 432 g/mol. The van der Waals surface area contributed by atoms with E-state index in [0.717, 1.165) is 29.6 Å². The molecule has 0 bridgehead atoms. The quantitative estimate of drug-likeness (QED) is 0.472. The predicted octanol–water partition coefficient (Wildman–Crippen LogP) is 7.42. The van der Waals surface area contributed by atoms with Crippen LogP contribution in [-0.4, -0.2) is 36.1 Å². The van der Waals surface area contributed by atoms with E-state index in [1.807, 2.05) is 30.3 Å². The third-order valence-corrected chi connectivity index (χ3v) is 8.06. The average molecular weight is 433 g/mol. The van der Waals surface area contributed by atoms with Gasteiger partial charge in [0.15, 0.2) is 0 Å². The molecule has 2 aromatic rings. The summed E-state index contributed by atoms with van der Waals surface area (Å²) < 4.78 is 5.98. The minimum atomic E-state index is 0.790. The van der Waals surface area contributed by atoms with Crippen molar-refractivity contribution in [2.45, 2.75) is 95.2 Å². The molecule has 3 aliphatic rings. The van der Waals surface area contributed by atoms with Crippen LogP contribution < -0.4 is 9.64 Å². The van der Waals surface area contributed by atoms with Gasteiger partial charge in [-0.25, -0.2) is 0 Å². The van der Waals surface area contributed by atoms with Crippen molar-refractivity contribution >= 4 is 5.69 Å². The molecule has 2 saturated carbocycles. The van der Waals surface area contributed by atoms with Crippen molar-refractivity contribution in [2.75, 3.05) is 18.0 Å². The smallest absolute Gasteiger partial charge is 0.127 e. The van der Waals surface area contributed by atoms with Gasteiger partial charge in [-0.2, -0.15) is 0 Å². The van der Waals surface area contributed by atoms with Crippen molar-refractivity contribution < 1.29 is 4.74 Å². The van der Waals surface area contributed by atoms with Gasteiger partial charge in [-0.15, -0.1) is 0 Å². The molecule has 0 amide bonds. The van der Waals surface area contributed by atoms with E-state index in [9.17, 15) is 0 Å². The van der Waals surface area contributed by atoms with E-state index in [1.54, 1.807) is 0 Å². The molecule has 0 atom stereocenters. The van der Waals surface area contributed by atoms with E-state index in [2.05, 4.69) is 34.1 Å². The Labute approximate surface area is 194 Å². The number of anilines is 1. The highest BCUT2D eigenvalue weighted by Gasteiger charge is 2.35. The van der Waals surface area contributed by atoms with Crippen LogP contribution in [0, 0.1) is 0 Å². The summed E-state index contributed by atoms with van der Waals surface area (Å²) in [5.41, 5.74) is 1.34. The summed E-state index contributed by atoms with van der Waals surface area (Å²) in [6.45, 7) is 2.36. The van der Waals surface area contributed by atoms with Gasteiger partial charge in [0.1, 0.15) is 11.5 Å². The van der Waals surface area contributed by atoms with Crippen LogP contribution >= 0.6 is 0 Å². The summed E-state index contributed by atoms with van der Waals surface area (Å²) in [5, 5.41) is 0. The zero-order valence-corrected chi connectivity index (χ0v) is 19.6. The zero-order chi connectivity index (χ0) is 21.6. The number of hydrogen-bond donors (Lipinski definition) is 0. The standard InChI is InChI=1S/C29H40N2O/c1-4-10-25(11-5-1)31(26-12-6-2-7-13-26)27-20-22-30(23-21-27)24-16-18-29(19-17-24)32-28-14-8-3-9-15-28/h3,8-9,14-19,25-27H,1-2,4-7,10-13,20-23H2. The Morgan fingerprint density at radius 2 is 1.06 bits per heavy atom. The van der Waals surface area contributed by atoms with Crippen LogP contribution in [0.3, 0.4) is 0 Å². The van der Waals surface area contributed by atoms with Gasteiger partial charge in [0, 0.05) is 36.9 Å². The first-order valence-electron chi connectivity index (χ1n) is 13.2. The second kappa shape index (κ2) is 10.7. The van der Waals surface area contributed by atoms with E-state index < -0.39 is 0 Å². The van der Waals surface area contributed by atoms with Crippen LogP contribution in [0.25, 0.3) is 0 Å². The molecular weight excluding hydrogens is 392 g/mol. The fourth-order valence-corrected chi connectivity index (χ4v) is 6.42. The second-order valence-electron chi connectivity index (χ2n) is 10.2. The third-order valence-electron chi connectivity index (χ3n) is 8.06. The molecule has 1 saturated heterocycles. The van der Waals surface area contributed by atoms with Gasteiger partial charge in [0.2, 0.25) is 0 Å². The highest BCUT2D eigenvalue weighted by atomic mass is 16.5. The topological polar surface area (TPSA) is 15.7 Å². The normalized spacial score (nSPS) is 21.7. The Morgan fingerprint density at radius 1 is 0.562 bits per heavy atom. The number of benzene rings is 2. The Kier molecular flexibility index (Phi) is 7.33. The van der Waals surface area contributed by atoms with E-state index in [4.69, 9.17) is 4.74 Å². The lowest BCUT2D eigenvalue weighted by atomic mass is 9.85. The fraction of sp³-hybridized carbons (Fsp3) is 0.586. The molecule has 2 aliphatic carbocycles. The van der Waals surface area contributed by atoms with Crippen molar-refractivity contribution in [1.29, 1.82) is 0 Å². The average Bonchev–Trinajstić information content (AvgIpc) is 2.87. The molecule has 0 aromatic heterocycles. The van der Waals surface area contributed by atoms with Gasteiger partial charge in [-0.3, -0.25) is 4.90 Å². The maximum Gasteiger partial charge on any atom is 0.127 e. The zero-order valence-electron chi connectivity index (χ0n) is 19.6. The van der Waals surface area contributed by atoms with Crippen molar-refractivity contribution in [3.05, 3.63) is 54.6 Å². The molecule has 0 radical (unpaired) electrons. The van der Waals surface area contributed by atoms with Gasteiger partial charge < -0.3 is 9.64 Å². The lowest BCUT2D eigenvalue weighted by Gasteiger charge is -2.49. The lowest BCUT2D eigenvalue weighted by Crippen LogP contribution is -2.54. The minimum Gasteiger partial charge on any atom is -0.457 e. The number of ether oxygens (including phenoxy) is 1. The third kappa shape index (κ3) is 5.31. The number of nitrogens with zero attached hydrogens (tertiary/aromatic N) is 2. The molecule has 3 fully saturated rings. The Balaban J connectivity index is 1.20. The highest BCUT2D eigenvalue weighted by Crippen LogP contribution is 2.35. The summed E-state index contributed by atoms with van der Waals surface area (Å²) in [6.07, 6.45) is 17.1. The Bertz CT molecular complexity index is 783. The van der Waals surface area contributed by atoms with Gasteiger partial charge in [0.05, 0.1) is 0 Å². The molecule has 0 unspecified atom stereocenters. The number of hydrogen-bond acceptors (Lipinski definition) is 3. The molecule has 3 heteroatoms. The Hall–Kier alpha value is -2.00. The molecule has 0 spiro atoms. The molecule has 3 nitrogen and oxygen atoms in total. The molecule has 5 rings (SSSR count). The number of piperidine rings is 1. The van der Waals surface area contributed by atoms with Crippen LogP contribution in [-0.2, 0) is 0 Å². The Morgan fingerprint density at radius 3 is 1.62 bits per heavy atom. The first-order chi connectivity index (χ1) is 15.9. The predicted molar refractivity (Wildman–Crippen MR) is 134 cm³/mol. The molecule has 172 valence electrons. The van der Waals surface area contributed by atoms with Gasteiger partial charge in [-0.05, 0) is 74.9 Å². The van der Waals surface area contributed by atoms with Crippen LogP contribution in [0.5, 0.6) is 11.5 Å². The number of para-hydroxylation sites is 1. The van der Waals surface area contributed by atoms with Gasteiger partial charge in [0.25, 0.3) is 0 Å². The summed E-state index contributed by atoms with van der Waals surface area (Å²) in [6, 6.07) is 21.3. The SMILES string of the molecule is c1ccc(Oc2ccc(N3CCC(N(C4CCCCC4)C4CCCCC4)CC3)cc2)cc1. The first kappa shape index (κ1) is 21.8. The first-order valence-corrected chi connectivity index (χ1v) is 13.2. The molecule has 32 heavy (non-hydrogen) atoms. The van der Waals surface area contributed by atoms with Crippen LogP contribution in [0.2, 0.25) is 0 Å². The summed E-state index contributed by atoms with van der Waals surface area (Å²) in [5.74, 6) is 1.81. The molecule has 1 heterocycles. The van der Waals surface area contributed by atoms with Gasteiger partial charge in [-0.1, -0.05) is 56.7 Å². The number of rotatable bonds is 6. The van der Waals surface area contributed by atoms with Crippen LogP contribution in [0.1, 0.15) is 77.0 Å². The maximum atomic E-state index is 5.98. The summed E-state index contributed by atoms with van der Waals surface area (Å²) in [4.78, 5) is 5.65. The second-order valence-corrected chi connectivity index (χ2v) is 10.2. The minimum absolute atomic E-state index is 0.790. The summed E-state index contributed by atoms with van der Waals surface area (Å²) in [7, 11) is 0. The summed E-state index contributed by atoms with van der Waals surface area (Å²) >= 11 is 0. The lowest BCUT2D eigenvalue weighted by molar-refractivity contribution is 0.0273. The van der Waals surface area contributed by atoms with E-state index >= 15 is 0 Å². The molecule has 2 aromatic carbocycles. The van der Waals surface area contributed by atoms with Crippen molar-refractivity contribution in [3.8, 4) is 11.5 Å². The van der Waals surface area contributed by atoms with Crippen molar-refractivity contribution in [2.24, 2.45) is 0 Å². The van der Waals surface area contributed by atoms with E-state index in [-0.39, 0.29) is 0 Å². The van der Waals surface area contributed by atoms with Crippen molar-refractivity contribution in [3.63, 3.8) is 0 Å². The molecular formula is C29H40N2O. The molecule has 0 N–H and O–H groups in total. The van der Waals surface area contributed by atoms with Gasteiger partial charge >= 0.3 is 0 Å². The van der Waals surface area contributed by atoms with E-state index in [1.165, 1.54) is 95.8 Å². The van der Waals surface area contributed by atoms with Crippen LogP contribution in [0.4, 0.5) is 5.69 Å². The van der Waals surface area contributed by atoms with E-state index in [0.29, 0.717) is 0 Å². The van der Waals surface area contributed by atoms with Crippen molar-refractivity contribution in [1.82, 2.24) is 4.90 Å². The largest absolute Gasteiger partial charge is 0.457 e. The van der Waals surface area contributed by atoms with Crippen LogP contribution in [0.15, 0.2) is 54.6 Å². The highest BCUT2D eigenvalue weighted by molar-refractivity contribution is 5.50. The fourth-order valence-electron chi connectivity index (χ4n) is 6.42.